The van der Waals surface area contributed by atoms with Crippen LogP contribution in [0.15, 0.2) is 16.9 Å². The van der Waals surface area contributed by atoms with Gasteiger partial charge in [-0.15, -0.1) is 10.2 Å². The van der Waals surface area contributed by atoms with E-state index in [1.165, 1.54) is 6.42 Å². The average Bonchev–Trinajstić information content (AvgIpc) is 2.85. The highest BCUT2D eigenvalue weighted by Gasteiger charge is 2.17. The van der Waals surface area contributed by atoms with E-state index in [0.29, 0.717) is 6.54 Å². The molecule has 15 heavy (non-hydrogen) atoms. The van der Waals surface area contributed by atoms with Crippen LogP contribution in [0.2, 0.25) is 0 Å². The van der Waals surface area contributed by atoms with Crippen LogP contribution >= 0.6 is 15.9 Å². The van der Waals surface area contributed by atoms with E-state index in [4.69, 9.17) is 0 Å². The third-order valence-electron chi connectivity index (χ3n) is 2.59. The van der Waals surface area contributed by atoms with E-state index in [9.17, 15) is 0 Å². The Morgan fingerprint density at radius 3 is 3.13 bits per heavy atom. The zero-order valence-corrected chi connectivity index (χ0v) is 9.68. The Morgan fingerprint density at radius 1 is 1.40 bits per heavy atom. The van der Waals surface area contributed by atoms with Crippen LogP contribution < -0.4 is 0 Å². The highest BCUT2D eigenvalue weighted by Crippen LogP contribution is 2.15. The highest BCUT2D eigenvalue weighted by molar-refractivity contribution is 9.10. The smallest absolute Gasteiger partial charge is 0.154 e. The maximum atomic E-state index is 4.20. The normalized spacial score (nSPS) is 14.5. The SMILES string of the molecule is Brc1cnn(Cc2nnc3n2CCC3)c1. The lowest BCUT2D eigenvalue weighted by molar-refractivity contribution is 0.604. The standard InChI is InChI=1S/C9H10BrN5/c10-7-4-11-14(5-7)6-9-13-12-8-2-1-3-15(8)9/h4-5H,1-3,6H2. The molecule has 0 saturated heterocycles. The summed E-state index contributed by atoms with van der Waals surface area (Å²) in [7, 11) is 0. The molecule has 0 fully saturated rings. The summed E-state index contributed by atoms with van der Waals surface area (Å²) in [6.07, 6.45) is 5.95. The largest absolute Gasteiger partial charge is 0.313 e. The first-order valence-electron chi connectivity index (χ1n) is 4.92. The summed E-state index contributed by atoms with van der Waals surface area (Å²) in [6, 6.07) is 0. The molecule has 0 amide bonds. The van der Waals surface area contributed by atoms with Gasteiger partial charge in [0.15, 0.2) is 5.82 Å². The molecule has 3 rings (SSSR count). The number of nitrogens with zero attached hydrogens (tertiary/aromatic N) is 5. The average molecular weight is 268 g/mol. The minimum Gasteiger partial charge on any atom is -0.313 e. The van der Waals surface area contributed by atoms with Crippen molar-refractivity contribution in [1.82, 2.24) is 24.5 Å². The van der Waals surface area contributed by atoms with Gasteiger partial charge >= 0.3 is 0 Å². The van der Waals surface area contributed by atoms with Crippen LogP contribution in [0.3, 0.4) is 0 Å². The summed E-state index contributed by atoms with van der Waals surface area (Å²) in [5.41, 5.74) is 0. The van der Waals surface area contributed by atoms with E-state index in [1.54, 1.807) is 6.20 Å². The molecule has 2 aromatic rings. The highest BCUT2D eigenvalue weighted by atomic mass is 79.9. The molecule has 1 aliphatic heterocycles. The summed E-state index contributed by atoms with van der Waals surface area (Å²) in [6.45, 7) is 1.73. The van der Waals surface area contributed by atoms with E-state index in [1.807, 2.05) is 10.9 Å². The molecule has 0 spiro atoms. The van der Waals surface area contributed by atoms with Gasteiger partial charge in [0.1, 0.15) is 12.4 Å². The molecule has 1 aliphatic rings. The maximum Gasteiger partial charge on any atom is 0.154 e. The monoisotopic (exact) mass is 267 g/mol. The minimum atomic E-state index is 0.693. The number of hydrogen-bond acceptors (Lipinski definition) is 3. The van der Waals surface area contributed by atoms with Crippen LogP contribution in [0.25, 0.3) is 0 Å². The lowest BCUT2D eigenvalue weighted by Crippen LogP contribution is -2.07. The van der Waals surface area contributed by atoms with E-state index in [2.05, 4.69) is 35.8 Å². The topological polar surface area (TPSA) is 48.5 Å². The summed E-state index contributed by atoms with van der Waals surface area (Å²) < 4.78 is 5.04. The summed E-state index contributed by atoms with van der Waals surface area (Å²) >= 11 is 3.37. The van der Waals surface area contributed by atoms with Gasteiger partial charge in [-0.25, -0.2) is 0 Å². The Kier molecular flexibility index (Phi) is 2.09. The van der Waals surface area contributed by atoms with Crippen molar-refractivity contribution < 1.29 is 0 Å². The summed E-state index contributed by atoms with van der Waals surface area (Å²) in [5, 5.41) is 12.5. The van der Waals surface area contributed by atoms with E-state index >= 15 is 0 Å². The quantitative estimate of drug-likeness (QED) is 0.823. The van der Waals surface area contributed by atoms with Crippen molar-refractivity contribution >= 4 is 15.9 Å². The molecule has 78 valence electrons. The predicted octanol–water partition coefficient (Wildman–Crippen LogP) is 1.23. The molecular weight excluding hydrogens is 258 g/mol. The molecule has 0 unspecified atom stereocenters. The lowest BCUT2D eigenvalue weighted by Gasteiger charge is -2.02. The van der Waals surface area contributed by atoms with Crippen molar-refractivity contribution in [2.75, 3.05) is 0 Å². The number of halogens is 1. The molecule has 3 heterocycles. The van der Waals surface area contributed by atoms with Crippen molar-refractivity contribution in [1.29, 1.82) is 0 Å². The van der Waals surface area contributed by atoms with Crippen LogP contribution in [0.5, 0.6) is 0 Å². The molecular formula is C9H10BrN5. The first-order valence-corrected chi connectivity index (χ1v) is 5.71. The fourth-order valence-electron chi connectivity index (χ4n) is 1.90. The van der Waals surface area contributed by atoms with Crippen molar-refractivity contribution in [2.45, 2.75) is 25.9 Å². The van der Waals surface area contributed by atoms with E-state index < -0.39 is 0 Å². The van der Waals surface area contributed by atoms with Crippen molar-refractivity contribution in [2.24, 2.45) is 0 Å². The van der Waals surface area contributed by atoms with Crippen LogP contribution in [0.1, 0.15) is 18.1 Å². The van der Waals surface area contributed by atoms with Gasteiger partial charge in [0.2, 0.25) is 0 Å². The molecule has 0 aliphatic carbocycles. The zero-order chi connectivity index (χ0) is 10.3. The number of hydrogen-bond donors (Lipinski definition) is 0. The van der Waals surface area contributed by atoms with Crippen molar-refractivity contribution in [3.8, 4) is 0 Å². The lowest BCUT2D eigenvalue weighted by atomic mass is 10.4. The first-order chi connectivity index (χ1) is 7.33. The molecule has 0 N–H and O–H groups in total. The summed E-state index contributed by atoms with van der Waals surface area (Å²) in [4.78, 5) is 0. The Balaban J connectivity index is 1.88. The second-order valence-corrected chi connectivity index (χ2v) is 4.56. The fourth-order valence-corrected chi connectivity index (χ4v) is 2.23. The number of aromatic nitrogens is 5. The number of rotatable bonds is 2. The van der Waals surface area contributed by atoms with Gasteiger partial charge < -0.3 is 4.57 Å². The molecule has 0 aromatic carbocycles. The van der Waals surface area contributed by atoms with Crippen LogP contribution in [0.4, 0.5) is 0 Å². The van der Waals surface area contributed by atoms with E-state index in [-0.39, 0.29) is 0 Å². The molecule has 2 aromatic heterocycles. The van der Waals surface area contributed by atoms with E-state index in [0.717, 1.165) is 29.1 Å². The maximum absolute atomic E-state index is 4.20. The second kappa shape index (κ2) is 3.44. The number of aryl methyl sites for hydroxylation is 1. The molecule has 0 bridgehead atoms. The Bertz CT molecular complexity index is 486. The Labute approximate surface area is 95.2 Å². The van der Waals surface area contributed by atoms with Crippen LogP contribution in [0, 0.1) is 0 Å². The van der Waals surface area contributed by atoms with Gasteiger partial charge in [-0.05, 0) is 22.4 Å². The van der Waals surface area contributed by atoms with Crippen LogP contribution in [-0.2, 0) is 19.5 Å². The van der Waals surface area contributed by atoms with Crippen molar-refractivity contribution in [3.63, 3.8) is 0 Å². The predicted molar refractivity (Wildman–Crippen MR) is 57.4 cm³/mol. The third kappa shape index (κ3) is 1.58. The second-order valence-electron chi connectivity index (χ2n) is 3.64. The molecule has 6 heteroatoms. The van der Waals surface area contributed by atoms with Gasteiger partial charge in [0.05, 0.1) is 10.7 Å². The minimum absolute atomic E-state index is 0.693. The van der Waals surface area contributed by atoms with Gasteiger partial charge in [0.25, 0.3) is 0 Å². The molecule has 0 atom stereocenters. The third-order valence-corrected chi connectivity index (χ3v) is 3.00. The van der Waals surface area contributed by atoms with Gasteiger partial charge in [-0.1, -0.05) is 0 Å². The zero-order valence-electron chi connectivity index (χ0n) is 8.10. The number of fused-ring (bicyclic) bond motifs is 1. The fraction of sp³-hybridized carbons (Fsp3) is 0.444. The Hall–Kier alpha value is -1.17. The molecule has 0 saturated carbocycles. The van der Waals surface area contributed by atoms with Gasteiger partial charge in [-0.3, -0.25) is 4.68 Å². The molecule has 5 nitrogen and oxygen atoms in total. The van der Waals surface area contributed by atoms with Crippen molar-refractivity contribution in [3.05, 3.63) is 28.5 Å². The first kappa shape index (κ1) is 9.08. The van der Waals surface area contributed by atoms with Crippen LogP contribution in [-0.4, -0.2) is 24.5 Å². The van der Waals surface area contributed by atoms with Gasteiger partial charge in [-0.2, -0.15) is 5.10 Å². The Morgan fingerprint density at radius 2 is 2.33 bits per heavy atom. The molecule has 0 radical (unpaired) electrons. The summed E-state index contributed by atoms with van der Waals surface area (Å²) in [5.74, 6) is 2.11. The van der Waals surface area contributed by atoms with Gasteiger partial charge in [0, 0.05) is 19.2 Å².